The molecule has 1 saturated heterocycles. The Bertz CT molecular complexity index is 1010. The van der Waals surface area contributed by atoms with Crippen LogP contribution in [-0.4, -0.2) is 41.5 Å². The van der Waals surface area contributed by atoms with Crippen molar-refractivity contribution < 1.29 is 13.2 Å². The van der Waals surface area contributed by atoms with Crippen molar-refractivity contribution in [2.24, 2.45) is 5.92 Å². The van der Waals surface area contributed by atoms with Crippen molar-refractivity contribution in [3.8, 4) is 0 Å². The average molecular weight is 433 g/mol. The fraction of sp³-hybridized carbons (Fsp3) is 0.545. The second-order valence-electron chi connectivity index (χ2n) is 8.44. The molecule has 7 nitrogen and oxygen atoms in total. The highest BCUT2D eigenvalue weighted by molar-refractivity contribution is 7.89. The first-order chi connectivity index (χ1) is 14.2. The molecule has 1 amide bonds. The van der Waals surface area contributed by atoms with E-state index < -0.39 is 10.0 Å². The third-order valence-electron chi connectivity index (χ3n) is 5.48. The maximum atomic E-state index is 12.9. The van der Waals surface area contributed by atoms with Gasteiger partial charge in [0.2, 0.25) is 15.9 Å². The predicted octanol–water partition coefficient (Wildman–Crippen LogP) is 3.51. The van der Waals surface area contributed by atoms with Gasteiger partial charge in [-0.15, -0.1) is 0 Å². The number of nitrogens with zero attached hydrogens (tertiary/aromatic N) is 3. The van der Waals surface area contributed by atoms with Gasteiger partial charge in [0.05, 0.1) is 17.0 Å². The van der Waals surface area contributed by atoms with Crippen LogP contribution in [0.5, 0.6) is 0 Å². The van der Waals surface area contributed by atoms with Crippen LogP contribution in [0.15, 0.2) is 29.2 Å². The summed E-state index contributed by atoms with van der Waals surface area (Å²) in [6.07, 6.45) is 3.05. The molecule has 0 atom stereocenters. The minimum atomic E-state index is -3.53. The minimum Gasteiger partial charge on any atom is -0.326 e. The lowest BCUT2D eigenvalue weighted by Crippen LogP contribution is -2.35. The second-order valence-corrected chi connectivity index (χ2v) is 10.4. The molecule has 2 heterocycles. The standard InChI is InChI=1S/C22H32N4O3S/c1-16(2)15-26-18(4)21(17(3)24-26)14-22(27)23-19-9-8-10-20(13-19)30(28,29)25-11-6-5-7-12-25/h8-10,13,16H,5-7,11-12,14-15H2,1-4H3,(H,23,27). The van der Waals surface area contributed by atoms with E-state index in [-0.39, 0.29) is 17.2 Å². The summed E-state index contributed by atoms with van der Waals surface area (Å²) in [5, 5.41) is 7.41. The van der Waals surface area contributed by atoms with Crippen molar-refractivity contribution in [3.63, 3.8) is 0 Å². The van der Waals surface area contributed by atoms with Gasteiger partial charge in [-0.2, -0.15) is 9.40 Å². The van der Waals surface area contributed by atoms with Gasteiger partial charge < -0.3 is 5.32 Å². The van der Waals surface area contributed by atoms with E-state index in [1.54, 1.807) is 24.3 Å². The number of carbonyl (C=O) groups is 1. The summed E-state index contributed by atoms with van der Waals surface area (Å²) in [7, 11) is -3.53. The minimum absolute atomic E-state index is 0.183. The quantitative estimate of drug-likeness (QED) is 0.726. The molecular weight excluding hydrogens is 400 g/mol. The van der Waals surface area contributed by atoms with Crippen LogP contribution in [0.4, 0.5) is 5.69 Å². The molecular formula is C22H32N4O3S. The van der Waals surface area contributed by atoms with Gasteiger partial charge in [-0.1, -0.05) is 26.3 Å². The largest absolute Gasteiger partial charge is 0.326 e. The summed E-state index contributed by atoms with van der Waals surface area (Å²) in [5.74, 6) is 0.284. The highest BCUT2D eigenvalue weighted by atomic mass is 32.2. The summed E-state index contributed by atoms with van der Waals surface area (Å²) < 4.78 is 29.3. The molecule has 1 aliphatic heterocycles. The van der Waals surface area contributed by atoms with Crippen molar-refractivity contribution in [3.05, 3.63) is 41.2 Å². The number of piperidine rings is 1. The number of hydrogen-bond donors (Lipinski definition) is 1. The van der Waals surface area contributed by atoms with E-state index >= 15 is 0 Å². The number of rotatable bonds is 7. The van der Waals surface area contributed by atoms with Gasteiger partial charge in [0.15, 0.2) is 0 Å². The number of anilines is 1. The van der Waals surface area contributed by atoms with Gasteiger partial charge in [-0.25, -0.2) is 8.42 Å². The lowest BCUT2D eigenvalue weighted by Gasteiger charge is -2.26. The number of carbonyl (C=O) groups excluding carboxylic acids is 1. The Balaban J connectivity index is 1.72. The van der Waals surface area contributed by atoms with Crippen LogP contribution in [0.1, 0.15) is 50.1 Å². The van der Waals surface area contributed by atoms with E-state index in [0.29, 0.717) is 24.7 Å². The Labute approximate surface area is 179 Å². The number of sulfonamides is 1. The van der Waals surface area contributed by atoms with Crippen LogP contribution >= 0.6 is 0 Å². The first-order valence-corrected chi connectivity index (χ1v) is 12.1. The molecule has 164 valence electrons. The van der Waals surface area contributed by atoms with Gasteiger partial charge in [0.1, 0.15) is 0 Å². The molecule has 1 fully saturated rings. The third kappa shape index (κ3) is 5.10. The predicted molar refractivity (Wildman–Crippen MR) is 118 cm³/mol. The van der Waals surface area contributed by atoms with Crippen LogP contribution in [0.2, 0.25) is 0 Å². The summed E-state index contributed by atoms with van der Waals surface area (Å²) in [4.78, 5) is 12.9. The molecule has 1 N–H and O–H groups in total. The number of aromatic nitrogens is 2. The monoisotopic (exact) mass is 432 g/mol. The Morgan fingerprint density at radius 1 is 1.17 bits per heavy atom. The van der Waals surface area contributed by atoms with Gasteiger partial charge in [0.25, 0.3) is 0 Å². The summed E-state index contributed by atoms with van der Waals surface area (Å²) in [5.41, 5.74) is 3.26. The highest BCUT2D eigenvalue weighted by Gasteiger charge is 2.26. The summed E-state index contributed by atoms with van der Waals surface area (Å²) in [6.45, 7) is 10.1. The molecule has 0 spiro atoms. The van der Waals surface area contributed by atoms with Crippen molar-refractivity contribution in [2.45, 2.75) is 64.8 Å². The van der Waals surface area contributed by atoms with E-state index in [4.69, 9.17) is 0 Å². The molecule has 8 heteroatoms. The topological polar surface area (TPSA) is 84.3 Å². The molecule has 0 saturated carbocycles. The van der Waals surface area contributed by atoms with Crippen LogP contribution in [-0.2, 0) is 27.8 Å². The van der Waals surface area contributed by atoms with Gasteiger partial charge in [0, 0.05) is 36.6 Å². The van der Waals surface area contributed by atoms with Crippen LogP contribution in [0, 0.1) is 19.8 Å². The third-order valence-corrected chi connectivity index (χ3v) is 7.37. The maximum Gasteiger partial charge on any atom is 0.243 e. The van der Waals surface area contributed by atoms with E-state index in [1.165, 1.54) is 4.31 Å². The van der Waals surface area contributed by atoms with Gasteiger partial charge >= 0.3 is 0 Å². The lowest BCUT2D eigenvalue weighted by atomic mass is 10.1. The number of benzene rings is 1. The van der Waals surface area contributed by atoms with Gasteiger partial charge in [-0.3, -0.25) is 9.48 Å². The Morgan fingerprint density at radius 3 is 2.53 bits per heavy atom. The number of nitrogens with one attached hydrogen (secondary N) is 1. The fourth-order valence-electron chi connectivity index (χ4n) is 3.87. The number of aryl methyl sites for hydroxylation is 1. The molecule has 0 radical (unpaired) electrons. The summed E-state index contributed by atoms with van der Waals surface area (Å²) in [6, 6.07) is 6.52. The van der Waals surface area contributed by atoms with Crippen molar-refractivity contribution in [1.82, 2.24) is 14.1 Å². The lowest BCUT2D eigenvalue weighted by molar-refractivity contribution is -0.115. The number of amides is 1. The smallest absolute Gasteiger partial charge is 0.243 e. The molecule has 1 aliphatic rings. The second kappa shape index (κ2) is 9.31. The van der Waals surface area contributed by atoms with E-state index in [0.717, 1.165) is 42.8 Å². The normalized spacial score (nSPS) is 15.5. The van der Waals surface area contributed by atoms with E-state index in [1.807, 2.05) is 18.5 Å². The highest BCUT2D eigenvalue weighted by Crippen LogP contribution is 2.23. The molecule has 0 unspecified atom stereocenters. The number of hydrogen-bond acceptors (Lipinski definition) is 4. The summed E-state index contributed by atoms with van der Waals surface area (Å²) >= 11 is 0. The van der Waals surface area contributed by atoms with Crippen LogP contribution in [0.25, 0.3) is 0 Å². The zero-order valence-corrected chi connectivity index (χ0v) is 19.1. The Morgan fingerprint density at radius 2 is 1.87 bits per heavy atom. The first kappa shape index (κ1) is 22.5. The van der Waals surface area contributed by atoms with Gasteiger partial charge in [-0.05, 0) is 50.8 Å². The van der Waals surface area contributed by atoms with Crippen molar-refractivity contribution in [2.75, 3.05) is 18.4 Å². The molecule has 0 aliphatic carbocycles. The first-order valence-electron chi connectivity index (χ1n) is 10.6. The van der Waals surface area contributed by atoms with E-state index in [9.17, 15) is 13.2 Å². The molecule has 3 rings (SSSR count). The zero-order valence-electron chi connectivity index (χ0n) is 18.3. The molecule has 30 heavy (non-hydrogen) atoms. The molecule has 2 aromatic rings. The van der Waals surface area contributed by atoms with Crippen molar-refractivity contribution >= 4 is 21.6 Å². The fourth-order valence-corrected chi connectivity index (χ4v) is 5.43. The van der Waals surface area contributed by atoms with Crippen LogP contribution < -0.4 is 5.32 Å². The zero-order chi connectivity index (χ0) is 21.9. The molecule has 1 aromatic carbocycles. The Hall–Kier alpha value is -2.19. The SMILES string of the molecule is Cc1nn(CC(C)C)c(C)c1CC(=O)Nc1cccc(S(=O)(=O)N2CCCCC2)c1. The molecule has 0 bridgehead atoms. The molecule has 1 aromatic heterocycles. The Kier molecular flexibility index (Phi) is 6.98. The van der Waals surface area contributed by atoms with E-state index in [2.05, 4.69) is 24.3 Å². The van der Waals surface area contributed by atoms with Crippen molar-refractivity contribution in [1.29, 1.82) is 0 Å². The average Bonchev–Trinajstić information content (AvgIpc) is 2.95. The maximum absolute atomic E-state index is 12.9. The van der Waals surface area contributed by atoms with Crippen LogP contribution in [0.3, 0.4) is 0 Å².